The predicted molar refractivity (Wildman–Crippen MR) is 148 cm³/mol. The van der Waals surface area contributed by atoms with E-state index in [1.807, 2.05) is 114 Å². The van der Waals surface area contributed by atoms with Crippen molar-refractivity contribution < 1.29 is 8.42 Å². The van der Waals surface area contributed by atoms with E-state index in [0.29, 0.717) is 5.82 Å². The van der Waals surface area contributed by atoms with Gasteiger partial charge in [-0.3, -0.25) is 4.57 Å². The first kappa shape index (κ1) is 25.0. The molecule has 0 aliphatic carbocycles. The first-order valence-electron chi connectivity index (χ1n) is 11.8. The first-order valence-corrected chi connectivity index (χ1v) is 14.5. The van der Waals surface area contributed by atoms with Crippen LogP contribution in [-0.2, 0) is 23.1 Å². The third kappa shape index (κ3) is 5.51. The molecule has 5 rings (SSSR count). The maximum atomic E-state index is 13.8. The Morgan fingerprint density at radius 2 is 1.22 bits per heavy atom. The summed E-state index contributed by atoms with van der Waals surface area (Å²) < 4.78 is 31.1. The number of benzene rings is 4. The first-order chi connectivity index (χ1) is 18.1. The Kier molecular flexibility index (Phi) is 7.50. The smallest absolute Gasteiger partial charge is 0.243 e. The summed E-state index contributed by atoms with van der Waals surface area (Å²) in [5.41, 5.74) is 3.59. The number of thioether (sulfide) groups is 1. The van der Waals surface area contributed by atoms with E-state index < -0.39 is 10.0 Å². The van der Waals surface area contributed by atoms with Crippen LogP contribution in [0.25, 0.3) is 17.1 Å². The van der Waals surface area contributed by atoms with Gasteiger partial charge in [-0.1, -0.05) is 103 Å². The van der Waals surface area contributed by atoms with E-state index in [-0.39, 0.29) is 18.0 Å². The van der Waals surface area contributed by atoms with Gasteiger partial charge in [-0.2, -0.15) is 4.31 Å². The lowest BCUT2D eigenvalue weighted by Crippen LogP contribution is -2.30. The highest BCUT2D eigenvalue weighted by Gasteiger charge is 2.25. The van der Waals surface area contributed by atoms with Gasteiger partial charge in [0.25, 0.3) is 0 Å². The molecule has 0 amide bonds. The van der Waals surface area contributed by atoms with E-state index in [1.54, 1.807) is 12.1 Å². The van der Waals surface area contributed by atoms with Crippen molar-refractivity contribution in [1.29, 1.82) is 0 Å². The largest absolute Gasteiger partial charge is 0.270 e. The lowest BCUT2D eigenvalue weighted by molar-refractivity contribution is 0.401. The quantitative estimate of drug-likeness (QED) is 0.219. The summed E-state index contributed by atoms with van der Waals surface area (Å²) in [6.45, 7) is 0.556. The van der Waals surface area contributed by atoms with Crippen LogP contribution in [-0.4, -0.2) is 33.7 Å². The molecule has 1 aromatic heterocycles. The maximum Gasteiger partial charge on any atom is 0.243 e. The topological polar surface area (TPSA) is 68.1 Å². The number of hydrogen-bond donors (Lipinski definition) is 0. The van der Waals surface area contributed by atoms with Crippen molar-refractivity contribution in [3.8, 4) is 17.1 Å². The fourth-order valence-corrected chi connectivity index (χ4v) is 6.04. The Morgan fingerprint density at radius 1 is 0.703 bits per heavy atom. The van der Waals surface area contributed by atoms with Crippen LogP contribution < -0.4 is 0 Å². The Morgan fingerprint density at radius 3 is 1.73 bits per heavy atom. The van der Waals surface area contributed by atoms with E-state index in [9.17, 15) is 8.42 Å². The van der Waals surface area contributed by atoms with E-state index in [2.05, 4.69) is 10.2 Å². The molecule has 0 saturated heterocycles. The fourth-order valence-electron chi connectivity index (χ4n) is 4.13. The van der Waals surface area contributed by atoms with E-state index in [1.165, 1.54) is 16.1 Å². The normalized spacial score (nSPS) is 11.6. The number of rotatable bonds is 9. The van der Waals surface area contributed by atoms with Crippen molar-refractivity contribution in [2.75, 3.05) is 6.26 Å². The second kappa shape index (κ2) is 11.1. The molecular formula is C29H26N4O2S2. The summed E-state index contributed by atoms with van der Waals surface area (Å²) in [5.74, 6) is 0.704. The molecule has 0 radical (unpaired) electrons. The van der Waals surface area contributed by atoms with Gasteiger partial charge in [0.2, 0.25) is 10.0 Å². The van der Waals surface area contributed by atoms with Crippen molar-refractivity contribution in [2.24, 2.45) is 0 Å². The SMILES string of the molecule is CSc1nnc(-c2ccccc2)n1-c1ccc(S(=O)(=O)N(Cc2ccccc2)Cc2ccccc2)cc1. The average molecular weight is 527 g/mol. The number of hydrogen-bond acceptors (Lipinski definition) is 5. The molecule has 0 saturated carbocycles. The van der Waals surface area contributed by atoms with Gasteiger partial charge in [-0.05, 0) is 41.6 Å². The Bertz CT molecular complexity index is 1510. The van der Waals surface area contributed by atoms with Crippen molar-refractivity contribution in [1.82, 2.24) is 19.1 Å². The summed E-state index contributed by atoms with van der Waals surface area (Å²) >= 11 is 1.49. The van der Waals surface area contributed by atoms with Crippen LogP contribution >= 0.6 is 11.8 Å². The standard InChI is InChI=1S/C29H26N4O2S2/c1-36-29-31-30-28(25-15-9-4-10-16-25)33(29)26-17-19-27(20-18-26)37(34,35)32(21-23-11-5-2-6-12-23)22-24-13-7-3-8-14-24/h2-20H,21-22H2,1H3. The minimum Gasteiger partial charge on any atom is -0.270 e. The molecule has 0 atom stereocenters. The zero-order valence-corrected chi connectivity index (χ0v) is 21.9. The molecule has 0 spiro atoms. The van der Waals surface area contributed by atoms with Crippen LogP contribution in [0, 0.1) is 0 Å². The third-order valence-electron chi connectivity index (χ3n) is 5.98. The molecule has 0 unspecified atom stereocenters. The van der Waals surface area contributed by atoms with Gasteiger partial charge < -0.3 is 0 Å². The number of nitrogens with zero attached hydrogens (tertiary/aromatic N) is 4. The summed E-state index contributed by atoms with van der Waals surface area (Å²) in [6, 6.07) is 36.1. The van der Waals surface area contributed by atoms with Gasteiger partial charge in [0, 0.05) is 24.3 Å². The highest BCUT2D eigenvalue weighted by molar-refractivity contribution is 7.98. The Hall–Kier alpha value is -3.72. The average Bonchev–Trinajstić information content (AvgIpc) is 3.39. The molecule has 186 valence electrons. The van der Waals surface area contributed by atoms with E-state index in [4.69, 9.17) is 0 Å². The predicted octanol–water partition coefficient (Wildman–Crippen LogP) is 6.05. The molecule has 0 fully saturated rings. The van der Waals surface area contributed by atoms with Crippen molar-refractivity contribution in [3.05, 3.63) is 126 Å². The molecule has 8 heteroatoms. The molecular weight excluding hydrogens is 500 g/mol. The van der Waals surface area contributed by atoms with Crippen molar-refractivity contribution in [3.63, 3.8) is 0 Å². The second-order valence-corrected chi connectivity index (χ2v) is 11.2. The van der Waals surface area contributed by atoms with E-state index in [0.717, 1.165) is 27.5 Å². The number of sulfonamides is 1. The summed E-state index contributed by atoms with van der Waals surface area (Å²) in [5, 5.41) is 9.45. The lowest BCUT2D eigenvalue weighted by Gasteiger charge is -2.23. The van der Waals surface area contributed by atoms with Crippen LogP contribution in [0.2, 0.25) is 0 Å². The Labute approximate surface area is 221 Å². The van der Waals surface area contributed by atoms with Gasteiger partial charge in [-0.15, -0.1) is 10.2 Å². The van der Waals surface area contributed by atoms with Crippen molar-refractivity contribution >= 4 is 21.8 Å². The fraction of sp³-hybridized carbons (Fsp3) is 0.103. The molecule has 0 aliphatic rings. The maximum absolute atomic E-state index is 13.8. The monoisotopic (exact) mass is 526 g/mol. The zero-order valence-electron chi connectivity index (χ0n) is 20.3. The van der Waals surface area contributed by atoms with Crippen LogP contribution in [0.5, 0.6) is 0 Å². The summed E-state index contributed by atoms with van der Waals surface area (Å²) in [7, 11) is -3.77. The van der Waals surface area contributed by atoms with Gasteiger partial charge >= 0.3 is 0 Å². The van der Waals surface area contributed by atoms with Gasteiger partial charge in [0.05, 0.1) is 4.90 Å². The highest BCUT2D eigenvalue weighted by atomic mass is 32.2. The van der Waals surface area contributed by atoms with Gasteiger partial charge in [0.1, 0.15) is 0 Å². The molecule has 0 aliphatic heterocycles. The molecule has 0 N–H and O–H groups in total. The minimum atomic E-state index is -3.77. The van der Waals surface area contributed by atoms with Crippen LogP contribution in [0.3, 0.4) is 0 Å². The lowest BCUT2D eigenvalue weighted by atomic mass is 10.2. The Balaban J connectivity index is 1.50. The van der Waals surface area contributed by atoms with Gasteiger partial charge in [0.15, 0.2) is 11.0 Å². The minimum absolute atomic E-state index is 0.239. The van der Waals surface area contributed by atoms with Crippen LogP contribution in [0.4, 0.5) is 0 Å². The molecule has 5 aromatic rings. The third-order valence-corrected chi connectivity index (χ3v) is 8.42. The highest BCUT2D eigenvalue weighted by Crippen LogP contribution is 2.28. The van der Waals surface area contributed by atoms with Crippen molar-refractivity contribution in [2.45, 2.75) is 23.1 Å². The van der Waals surface area contributed by atoms with Gasteiger partial charge in [-0.25, -0.2) is 8.42 Å². The molecule has 0 bridgehead atoms. The van der Waals surface area contributed by atoms with Crippen LogP contribution in [0.15, 0.2) is 125 Å². The molecule has 37 heavy (non-hydrogen) atoms. The molecule has 1 heterocycles. The summed E-state index contributed by atoms with van der Waals surface area (Å²) in [6.07, 6.45) is 1.94. The molecule has 4 aromatic carbocycles. The zero-order chi connectivity index (χ0) is 25.7. The second-order valence-electron chi connectivity index (χ2n) is 8.45. The molecule has 6 nitrogen and oxygen atoms in total. The number of aromatic nitrogens is 3. The van der Waals surface area contributed by atoms with Crippen LogP contribution in [0.1, 0.15) is 11.1 Å². The van der Waals surface area contributed by atoms with E-state index >= 15 is 0 Å². The summed E-state index contributed by atoms with van der Waals surface area (Å²) in [4.78, 5) is 0.239.